The van der Waals surface area contributed by atoms with Crippen LogP contribution < -0.4 is 15.4 Å². The number of benzene rings is 1. The number of carbonyl (C=O) groups is 1. The molecule has 1 aromatic carbocycles. The zero-order valence-corrected chi connectivity index (χ0v) is 22.4. The molecule has 0 radical (unpaired) electrons. The van der Waals surface area contributed by atoms with E-state index in [0.29, 0.717) is 27.2 Å². The SMILES string of the molecule is CC[C@]1(N)C[C@H](c2ncc(I)c(Cc3cc(C#N)cc(C(F)(F)F)c3)n2)c2nc(OC)ccc2N1C(=O)O. The van der Waals surface area contributed by atoms with E-state index >= 15 is 0 Å². The molecule has 3 N–H and O–H groups in total. The van der Waals surface area contributed by atoms with E-state index in [0.717, 1.165) is 17.0 Å². The number of aromatic nitrogens is 3. The fraction of sp³-hybridized carbons (Fsp3) is 0.320. The molecular weight excluding hydrogens is 616 g/mol. The standard InChI is InChI=1S/C25H22F3IN6O3/c1-3-24(31)10-16(21-19(35(24)23(36)37)4-5-20(34-21)38-2)22-32-12-17(29)18(33-22)9-13-6-14(11-30)8-15(7-13)25(26,27)28/h4-8,12,16H,3,9-10,31H2,1-2H3,(H,36,37)/t16-,24+/m0/s1. The van der Waals surface area contributed by atoms with Gasteiger partial charge < -0.3 is 15.6 Å². The number of carboxylic acid groups (broad SMARTS) is 1. The summed E-state index contributed by atoms with van der Waals surface area (Å²) in [6.45, 7) is 1.77. The highest BCUT2D eigenvalue weighted by Gasteiger charge is 2.46. The summed E-state index contributed by atoms with van der Waals surface area (Å²) in [7, 11) is 1.44. The van der Waals surface area contributed by atoms with Crippen molar-refractivity contribution in [2.24, 2.45) is 5.73 Å². The van der Waals surface area contributed by atoms with Crippen LogP contribution in [0.1, 0.15) is 59.6 Å². The van der Waals surface area contributed by atoms with Gasteiger partial charge in [-0.15, -0.1) is 0 Å². The minimum Gasteiger partial charge on any atom is -0.481 e. The van der Waals surface area contributed by atoms with Crippen molar-refractivity contribution in [2.45, 2.75) is 43.9 Å². The van der Waals surface area contributed by atoms with Crippen LogP contribution in [0.25, 0.3) is 0 Å². The van der Waals surface area contributed by atoms with Crippen LogP contribution in [0.4, 0.5) is 23.7 Å². The lowest BCUT2D eigenvalue weighted by Crippen LogP contribution is -2.61. The van der Waals surface area contributed by atoms with E-state index in [1.807, 2.05) is 22.6 Å². The van der Waals surface area contributed by atoms with Gasteiger partial charge in [0, 0.05) is 18.7 Å². The number of nitriles is 1. The smallest absolute Gasteiger partial charge is 0.416 e. The normalized spacial score (nSPS) is 19.0. The quantitative estimate of drug-likeness (QED) is 0.371. The van der Waals surface area contributed by atoms with Crippen molar-refractivity contribution in [3.8, 4) is 11.9 Å². The van der Waals surface area contributed by atoms with Crippen LogP contribution in [-0.4, -0.2) is 38.9 Å². The van der Waals surface area contributed by atoms with E-state index in [2.05, 4.69) is 15.0 Å². The molecule has 0 saturated carbocycles. The van der Waals surface area contributed by atoms with Crippen molar-refractivity contribution >= 4 is 34.4 Å². The lowest BCUT2D eigenvalue weighted by atomic mass is 9.83. The minimum absolute atomic E-state index is 0.0142. The first-order valence-corrected chi connectivity index (χ1v) is 12.5. The molecule has 3 heterocycles. The first-order valence-electron chi connectivity index (χ1n) is 11.4. The topological polar surface area (TPSA) is 138 Å². The number of hydrogen-bond acceptors (Lipinski definition) is 7. The van der Waals surface area contributed by atoms with Gasteiger partial charge in [0.1, 0.15) is 11.5 Å². The Morgan fingerprint density at radius 1 is 1.34 bits per heavy atom. The van der Waals surface area contributed by atoms with Gasteiger partial charge in [0.15, 0.2) is 0 Å². The molecular formula is C25H22F3IN6O3. The van der Waals surface area contributed by atoms with Gasteiger partial charge in [-0.25, -0.2) is 19.7 Å². The summed E-state index contributed by atoms with van der Waals surface area (Å²) in [6.07, 6.45) is -3.87. The third kappa shape index (κ3) is 5.23. The Balaban J connectivity index is 1.82. The molecule has 4 rings (SSSR count). The number of halogens is 4. The second kappa shape index (κ2) is 10.3. The molecule has 2 aromatic heterocycles. The van der Waals surface area contributed by atoms with E-state index in [1.54, 1.807) is 25.3 Å². The van der Waals surface area contributed by atoms with Gasteiger partial charge >= 0.3 is 12.3 Å². The summed E-state index contributed by atoms with van der Waals surface area (Å²) >= 11 is 2.00. The number of anilines is 1. The number of amides is 1. The van der Waals surface area contributed by atoms with Crippen molar-refractivity contribution in [3.63, 3.8) is 0 Å². The molecule has 1 amide bonds. The molecule has 3 aromatic rings. The molecule has 1 aliphatic rings. The number of nitrogens with two attached hydrogens (primary N) is 1. The average molecular weight is 638 g/mol. The van der Waals surface area contributed by atoms with Crippen LogP contribution in [0.15, 0.2) is 36.5 Å². The third-order valence-corrected chi connectivity index (χ3v) is 7.33. The van der Waals surface area contributed by atoms with Gasteiger partial charge in [-0.05, 0) is 65.3 Å². The van der Waals surface area contributed by atoms with Gasteiger partial charge in [0.2, 0.25) is 5.88 Å². The van der Waals surface area contributed by atoms with E-state index in [1.165, 1.54) is 19.2 Å². The fourth-order valence-corrected chi connectivity index (χ4v) is 4.97. The first kappa shape index (κ1) is 27.5. The third-order valence-electron chi connectivity index (χ3n) is 6.43. The number of ether oxygens (including phenoxy) is 1. The predicted octanol–water partition coefficient (Wildman–Crippen LogP) is 5.05. The van der Waals surface area contributed by atoms with Gasteiger partial charge in [-0.3, -0.25) is 4.90 Å². The van der Waals surface area contributed by atoms with Crippen molar-refractivity contribution in [2.75, 3.05) is 12.0 Å². The number of fused-ring (bicyclic) bond motifs is 1. The van der Waals surface area contributed by atoms with Crippen molar-refractivity contribution in [1.29, 1.82) is 5.26 Å². The van der Waals surface area contributed by atoms with Crippen LogP contribution in [0.5, 0.6) is 5.88 Å². The molecule has 0 unspecified atom stereocenters. The van der Waals surface area contributed by atoms with Crippen LogP contribution in [-0.2, 0) is 12.6 Å². The molecule has 38 heavy (non-hydrogen) atoms. The lowest BCUT2D eigenvalue weighted by molar-refractivity contribution is -0.137. The number of alkyl halides is 3. The predicted molar refractivity (Wildman–Crippen MR) is 139 cm³/mol. The molecule has 0 spiro atoms. The van der Waals surface area contributed by atoms with Crippen LogP contribution in [0.3, 0.4) is 0 Å². The number of hydrogen-bond donors (Lipinski definition) is 2. The molecule has 198 valence electrons. The molecule has 0 aliphatic carbocycles. The van der Waals surface area contributed by atoms with Crippen molar-refractivity contribution < 1.29 is 27.8 Å². The largest absolute Gasteiger partial charge is 0.481 e. The van der Waals surface area contributed by atoms with Crippen molar-refractivity contribution in [1.82, 2.24) is 15.0 Å². The summed E-state index contributed by atoms with van der Waals surface area (Å²) in [6, 6.07) is 8.06. The molecule has 0 saturated heterocycles. The van der Waals surface area contributed by atoms with E-state index in [9.17, 15) is 28.3 Å². The van der Waals surface area contributed by atoms with E-state index in [-0.39, 0.29) is 35.5 Å². The van der Waals surface area contributed by atoms with Crippen molar-refractivity contribution in [3.05, 3.63) is 74.0 Å². The average Bonchev–Trinajstić information content (AvgIpc) is 2.88. The molecule has 0 bridgehead atoms. The van der Waals surface area contributed by atoms with Crippen LogP contribution >= 0.6 is 22.6 Å². The van der Waals surface area contributed by atoms with Gasteiger partial charge in [-0.1, -0.05) is 6.92 Å². The Morgan fingerprint density at radius 3 is 2.68 bits per heavy atom. The second-order valence-electron chi connectivity index (χ2n) is 8.82. The minimum atomic E-state index is -4.61. The number of methoxy groups -OCH3 is 1. The highest BCUT2D eigenvalue weighted by molar-refractivity contribution is 14.1. The molecule has 0 fully saturated rings. The molecule has 2 atom stereocenters. The van der Waals surface area contributed by atoms with E-state index < -0.39 is 29.4 Å². The summed E-state index contributed by atoms with van der Waals surface area (Å²) in [5.41, 5.74) is 5.63. The van der Waals surface area contributed by atoms with E-state index in [4.69, 9.17) is 10.5 Å². The number of pyridine rings is 1. The maximum atomic E-state index is 13.4. The number of nitrogens with zero attached hydrogens (tertiary/aromatic N) is 5. The lowest BCUT2D eigenvalue weighted by Gasteiger charge is -2.45. The number of rotatable bonds is 5. The second-order valence-corrected chi connectivity index (χ2v) is 9.98. The Bertz CT molecular complexity index is 1440. The zero-order chi connectivity index (χ0) is 27.8. The summed E-state index contributed by atoms with van der Waals surface area (Å²) in [5.74, 6) is -0.0605. The highest BCUT2D eigenvalue weighted by atomic mass is 127. The summed E-state index contributed by atoms with van der Waals surface area (Å²) < 4.78 is 46.0. The summed E-state index contributed by atoms with van der Waals surface area (Å²) in [4.78, 5) is 26.9. The van der Waals surface area contributed by atoms with Crippen LogP contribution in [0.2, 0.25) is 0 Å². The first-order chi connectivity index (χ1) is 17.9. The monoisotopic (exact) mass is 638 g/mol. The molecule has 13 heteroatoms. The zero-order valence-electron chi connectivity index (χ0n) is 20.3. The Kier molecular flexibility index (Phi) is 7.48. The Morgan fingerprint density at radius 2 is 2.08 bits per heavy atom. The van der Waals surface area contributed by atoms with Gasteiger partial charge in [-0.2, -0.15) is 18.4 Å². The fourth-order valence-electron chi connectivity index (χ4n) is 4.52. The summed E-state index contributed by atoms with van der Waals surface area (Å²) in [5, 5.41) is 19.2. The Hall–Kier alpha value is -3.51. The van der Waals surface area contributed by atoms with Crippen LogP contribution in [0, 0.1) is 14.9 Å². The molecule has 9 nitrogen and oxygen atoms in total. The van der Waals surface area contributed by atoms with Gasteiger partial charge in [0.25, 0.3) is 0 Å². The maximum Gasteiger partial charge on any atom is 0.416 e. The Labute approximate surface area is 229 Å². The van der Waals surface area contributed by atoms with Gasteiger partial charge in [0.05, 0.1) is 50.9 Å². The maximum absolute atomic E-state index is 13.4. The highest BCUT2D eigenvalue weighted by Crippen LogP contribution is 2.45. The molecule has 1 aliphatic heterocycles.